The van der Waals surface area contributed by atoms with Crippen molar-refractivity contribution in [2.75, 3.05) is 29.6 Å². The van der Waals surface area contributed by atoms with Crippen LogP contribution in [0.1, 0.15) is 30.4 Å². The van der Waals surface area contributed by atoms with Crippen LogP contribution in [0.4, 0.5) is 17.5 Å². The topological polar surface area (TPSA) is 118 Å². The summed E-state index contributed by atoms with van der Waals surface area (Å²) in [5.74, 6) is 2.23. The first-order chi connectivity index (χ1) is 16.8. The minimum Gasteiger partial charge on any atom is -0.337 e. The van der Waals surface area contributed by atoms with Crippen molar-refractivity contribution in [2.45, 2.75) is 31.7 Å². The standard InChI is InChI=1S/C24H26N8O2S/c1-4-17-13-27-24(28-14-17)31-10-7-18(8-11-31)23-26-15-20-22(25-9-12-32(20)23)30-19-5-6-21(29-16(19)2)35(3,33)34/h5-7,9,12-15H,4,8,10-11H2,1-3H3,(H,25,30). The van der Waals surface area contributed by atoms with Gasteiger partial charge in [0, 0.05) is 44.1 Å². The molecule has 5 heterocycles. The number of anilines is 3. The Balaban J connectivity index is 1.39. The molecule has 0 saturated heterocycles. The molecule has 0 saturated carbocycles. The number of aryl methyl sites for hydroxylation is 2. The van der Waals surface area contributed by atoms with Gasteiger partial charge in [-0.05, 0) is 43.0 Å². The fourth-order valence-corrected chi connectivity index (χ4v) is 4.63. The van der Waals surface area contributed by atoms with Crippen molar-refractivity contribution in [2.24, 2.45) is 0 Å². The molecule has 180 valence electrons. The highest BCUT2D eigenvalue weighted by atomic mass is 32.2. The summed E-state index contributed by atoms with van der Waals surface area (Å²) >= 11 is 0. The Bertz CT molecular complexity index is 1530. The van der Waals surface area contributed by atoms with Crippen molar-refractivity contribution >= 4 is 38.4 Å². The van der Waals surface area contributed by atoms with Gasteiger partial charge >= 0.3 is 0 Å². The first kappa shape index (κ1) is 22.9. The Morgan fingerprint density at radius 3 is 2.54 bits per heavy atom. The summed E-state index contributed by atoms with van der Waals surface area (Å²) in [4.78, 5) is 24.5. The van der Waals surface area contributed by atoms with Crippen LogP contribution in [0.5, 0.6) is 0 Å². The molecule has 0 amide bonds. The Labute approximate surface area is 203 Å². The third-order valence-electron chi connectivity index (χ3n) is 6.03. The summed E-state index contributed by atoms with van der Waals surface area (Å²) in [7, 11) is -3.37. The van der Waals surface area contributed by atoms with Crippen LogP contribution in [0, 0.1) is 6.92 Å². The number of nitrogens with zero attached hydrogens (tertiary/aromatic N) is 7. The van der Waals surface area contributed by atoms with Crippen molar-refractivity contribution in [1.29, 1.82) is 0 Å². The van der Waals surface area contributed by atoms with Crippen LogP contribution in [0.15, 0.2) is 54.2 Å². The molecule has 35 heavy (non-hydrogen) atoms. The fraction of sp³-hybridized carbons (Fsp3) is 0.292. The lowest BCUT2D eigenvalue weighted by atomic mass is 10.1. The molecule has 0 bridgehead atoms. The molecule has 4 aromatic heterocycles. The lowest BCUT2D eigenvalue weighted by Crippen LogP contribution is -2.30. The fourth-order valence-electron chi connectivity index (χ4n) is 4.01. The first-order valence-corrected chi connectivity index (χ1v) is 13.2. The molecule has 0 aliphatic carbocycles. The van der Waals surface area contributed by atoms with Crippen LogP contribution in [-0.4, -0.2) is 57.1 Å². The summed E-state index contributed by atoms with van der Waals surface area (Å²) in [5.41, 5.74) is 4.35. The maximum Gasteiger partial charge on any atom is 0.225 e. The largest absolute Gasteiger partial charge is 0.337 e. The van der Waals surface area contributed by atoms with Gasteiger partial charge in [0.1, 0.15) is 11.3 Å². The predicted octanol–water partition coefficient (Wildman–Crippen LogP) is 3.23. The van der Waals surface area contributed by atoms with E-state index < -0.39 is 9.84 Å². The van der Waals surface area contributed by atoms with Crippen LogP contribution in [0.25, 0.3) is 11.1 Å². The number of nitrogens with one attached hydrogen (secondary N) is 1. The molecule has 1 aliphatic heterocycles. The average Bonchev–Trinajstić information content (AvgIpc) is 3.30. The predicted molar refractivity (Wildman–Crippen MR) is 135 cm³/mol. The van der Waals surface area contributed by atoms with E-state index in [-0.39, 0.29) is 5.03 Å². The van der Waals surface area contributed by atoms with E-state index in [1.54, 1.807) is 25.4 Å². The molecule has 11 heteroatoms. The normalized spacial score (nSPS) is 14.3. The minimum absolute atomic E-state index is 0.0448. The van der Waals surface area contributed by atoms with Gasteiger partial charge in [0.25, 0.3) is 0 Å². The quantitative estimate of drug-likeness (QED) is 0.434. The van der Waals surface area contributed by atoms with Crippen LogP contribution >= 0.6 is 0 Å². The number of sulfone groups is 1. The monoisotopic (exact) mass is 490 g/mol. The molecule has 0 atom stereocenters. The zero-order chi connectivity index (χ0) is 24.6. The van der Waals surface area contributed by atoms with Gasteiger partial charge < -0.3 is 10.2 Å². The molecule has 1 aliphatic rings. The van der Waals surface area contributed by atoms with Gasteiger partial charge in [-0.15, -0.1) is 0 Å². The van der Waals surface area contributed by atoms with E-state index in [4.69, 9.17) is 0 Å². The molecule has 10 nitrogen and oxygen atoms in total. The molecule has 0 radical (unpaired) electrons. The number of hydrogen-bond acceptors (Lipinski definition) is 9. The highest BCUT2D eigenvalue weighted by Crippen LogP contribution is 2.28. The number of rotatable bonds is 6. The van der Waals surface area contributed by atoms with Gasteiger partial charge in [-0.25, -0.2) is 33.3 Å². The highest BCUT2D eigenvalue weighted by Gasteiger charge is 2.19. The van der Waals surface area contributed by atoms with Crippen LogP contribution < -0.4 is 10.2 Å². The zero-order valence-electron chi connectivity index (χ0n) is 19.8. The second-order valence-corrected chi connectivity index (χ2v) is 10.4. The second-order valence-electron chi connectivity index (χ2n) is 8.46. The third kappa shape index (κ3) is 4.59. The molecular weight excluding hydrogens is 464 g/mol. The highest BCUT2D eigenvalue weighted by molar-refractivity contribution is 7.90. The first-order valence-electron chi connectivity index (χ1n) is 11.4. The van der Waals surface area contributed by atoms with Crippen LogP contribution in [-0.2, 0) is 16.3 Å². The zero-order valence-corrected chi connectivity index (χ0v) is 20.6. The van der Waals surface area contributed by atoms with E-state index in [0.29, 0.717) is 23.7 Å². The lowest BCUT2D eigenvalue weighted by Gasteiger charge is -2.26. The van der Waals surface area contributed by atoms with E-state index in [0.717, 1.165) is 54.1 Å². The van der Waals surface area contributed by atoms with Crippen molar-refractivity contribution in [3.8, 4) is 0 Å². The Morgan fingerprint density at radius 1 is 1.09 bits per heavy atom. The Kier molecular flexibility index (Phi) is 5.93. The molecule has 0 spiro atoms. The number of fused-ring (bicyclic) bond motifs is 1. The van der Waals surface area contributed by atoms with E-state index >= 15 is 0 Å². The maximum absolute atomic E-state index is 11.8. The molecule has 5 rings (SSSR count). The molecular formula is C24H26N8O2S. The summed E-state index contributed by atoms with van der Waals surface area (Å²) in [6.45, 7) is 5.37. The van der Waals surface area contributed by atoms with E-state index in [1.807, 2.05) is 23.0 Å². The van der Waals surface area contributed by atoms with Crippen molar-refractivity contribution in [3.63, 3.8) is 0 Å². The summed E-state index contributed by atoms with van der Waals surface area (Å²) in [6.07, 6.45) is 14.2. The summed E-state index contributed by atoms with van der Waals surface area (Å²) in [6, 6.07) is 3.19. The van der Waals surface area contributed by atoms with Gasteiger partial charge in [-0.2, -0.15) is 0 Å². The number of aromatic nitrogens is 6. The van der Waals surface area contributed by atoms with E-state index in [9.17, 15) is 8.42 Å². The average molecular weight is 491 g/mol. The minimum atomic E-state index is -3.37. The summed E-state index contributed by atoms with van der Waals surface area (Å²) in [5, 5.41) is 3.32. The molecule has 0 unspecified atom stereocenters. The number of hydrogen-bond donors (Lipinski definition) is 1. The number of pyridine rings is 1. The molecule has 0 fully saturated rings. The Hall–Kier alpha value is -3.86. The van der Waals surface area contributed by atoms with Crippen LogP contribution in [0.3, 0.4) is 0 Å². The van der Waals surface area contributed by atoms with Gasteiger partial charge in [-0.1, -0.05) is 13.0 Å². The SMILES string of the molecule is CCc1cnc(N2CC=C(c3ncc4c(Nc5ccc(S(C)(=O)=O)nc5C)nccn34)CC2)nc1. The second kappa shape index (κ2) is 9.06. The van der Waals surface area contributed by atoms with Crippen LogP contribution in [0.2, 0.25) is 0 Å². The lowest BCUT2D eigenvalue weighted by molar-refractivity contribution is 0.598. The molecule has 0 aromatic carbocycles. The van der Waals surface area contributed by atoms with Gasteiger partial charge in [0.2, 0.25) is 5.95 Å². The maximum atomic E-state index is 11.8. The Morgan fingerprint density at radius 2 is 1.89 bits per heavy atom. The smallest absolute Gasteiger partial charge is 0.225 e. The third-order valence-corrected chi connectivity index (χ3v) is 7.02. The van der Waals surface area contributed by atoms with Crippen molar-refractivity contribution in [3.05, 3.63) is 66.3 Å². The summed E-state index contributed by atoms with van der Waals surface area (Å²) < 4.78 is 25.6. The van der Waals surface area contributed by atoms with Gasteiger partial charge in [-0.3, -0.25) is 4.40 Å². The van der Waals surface area contributed by atoms with Gasteiger partial charge in [0.15, 0.2) is 20.7 Å². The van der Waals surface area contributed by atoms with Gasteiger partial charge in [0.05, 0.1) is 17.6 Å². The molecule has 4 aromatic rings. The molecule has 1 N–H and O–H groups in total. The van der Waals surface area contributed by atoms with Crippen molar-refractivity contribution < 1.29 is 8.42 Å². The van der Waals surface area contributed by atoms with E-state index in [1.165, 1.54) is 6.07 Å². The number of imidazole rings is 1. The van der Waals surface area contributed by atoms with Crippen molar-refractivity contribution in [1.82, 2.24) is 29.3 Å². The van der Waals surface area contributed by atoms with E-state index in [2.05, 4.69) is 48.1 Å².